The van der Waals surface area contributed by atoms with Gasteiger partial charge >= 0.3 is 0 Å². The fourth-order valence-electron chi connectivity index (χ4n) is 4.25. The molecule has 152 valence electrons. The van der Waals surface area contributed by atoms with Crippen LogP contribution >= 0.6 is 0 Å². The summed E-state index contributed by atoms with van der Waals surface area (Å²) in [7, 11) is 2.01. The third-order valence-electron chi connectivity index (χ3n) is 5.92. The molecule has 0 unspecified atom stereocenters. The van der Waals surface area contributed by atoms with Gasteiger partial charge in [0.2, 0.25) is 0 Å². The quantitative estimate of drug-likeness (QED) is 0.529. The van der Waals surface area contributed by atoms with Gasteiger partial charge in [-0.1, -0.05) is 60.7 Å². The van der Waals surface area contributed by atoms with Crippen LogP contribution in [0.4, 0.5) is 5.69 Å². The van der Waals surface area contributed by atoms with E-state index < -0.39 is 6.10 Å². The van der Waals surface area contributed by atoms with E-state index >= 15 is 0 Å². The minimum atomic E-state index is -0.524. The second-order valence-corrected chi connectivity index (χ2v) is 7.90. The maximum Gasteiger partial charge on any atom is 0.146 e. The number of hydrogen-bond donors (Lipinski definition) is 2. The minimum absolute atomic E-state index is 0.166. The standard InChI is InChI=1S/C25H25N3O2/c1-16-26-24-23-19(13-20(29)22(27-23)18-11-7-4-8-12-18)14-21(25(24)28(16)2)30-15-17-9-5-3-6-10-17/h3-12,14,20,22,27,29H,13,15H2,1-2H3/t20-,22-/m1/s1. The van der Waals surface area contributed by atoms with Crippen molar-refractivity contribution in [1.82, 2.24) is 9.55 Å². The lowest BCUT2D eigenvalue weighted by Crippen LogP contribution is -2.32. The van der Waals surface area contributed by atoms with Crippen LogP contribution in [0, 0.1) is 6.92 Å². The molecule has 1 aromatic heterocycles. The summed E-state index contributed by atoms with van der Waals surface area (Å²) >= 11 is 0. The number of aliphatic hydroxyl groups is 1. The normalized spacial score (nSPS) is 18.1. The van der Waals surface area contributed by atoms with E-state index in [1.54, 1.807) is 0 Å². The monoisotopic (exact) mass is 399 g/mol. The molecular formula is C25H25N3O2. The van der Waals surface area contributed by atoms with Crippen molar-refractivity contribution in [2.75, 3.05) is 5.32 Å². The fourth-order valence-corrected chi connectivity index (χ4v) is 4.25. The summed E-state index contributed by atoms with van der Waals surface area (Å²) in [5.41, 5.74) is 6.06. The lowest BCUT2D eigenvalue weighted by Gasteiger charge is -2.32. The Balaban J connectivity index is 1.57. The predicted octanol–water partition coefficient (Wildman–Crippen LogP) is 4.53. The third-order valence-corrected chi connectivity index (χ3v) is 5.92. The number of imidazole rings is 1. The molecule has 0 radical (unpaired) electrons. The van der Waals surface area contributed by atoms with E-state index in [4.69, 9.17) is 9.72 Å². The van der Waals surface area contributed by atoms with Gasteiger partial charge in [0.15, 0.2) is 0 Å². The fraction of sp³-hybridized carbons (Fsp3) is 0.240. The number of benzene rings is 3. The van der Waals surface area contributed by atoms with Gasteiger partial charge in [-0.3, -0.25) is 0 Å². The molecule has 1 aliphatic rings. The highest BCUT2D eigenvalue weighted by Gasteiger charge is 2.31. The van der Waals surface area contributed by atoms with E-state index in [2.05, 4.69) is 28.1 Å². The Bertz CT molecular complexity index is 1190. The lowest BCUT2D eigenvalue weighted by atomic mass is 9.90. The van der Waals surface area contributed by atoms with Gasteiger partial charge in [-0.05, 0) is 29.7 Å². The summed E-state index contributed by atoms with van der Waals surface area (Å²) in [5.74, 6) is 1.72. The van der Waals surface area contributed by atoms with Crippen LogP contribution in [0.3, 0.4) is 0 Å². The Labute approximate surface area is 176 Å². The average molecular weight is 399 g/mol. The Hall–Kier alpha value is -3.31. The maximum atomic E-state index is 10.9. The van der Waals surface area contributed by atoms with Crippen LogP contribution in [0.15, 0.2) is 66.7 Å². The molecule has 0 spiro atoms. The van der Waals surface area contributed by atoms with Gasteiger partial charge in [-0.25, -0.2) is 4.98 Å². The smallest absolute Gasteiger partial charge is 0.146 e. The van der Waals surface area contributed by atoms with Crippen LogP contribution in [-0.2, 0) is 20.1 Å². The van der Waals surface area contributed by atoms with E-state index in [9.17, 15) is 5.11 Å². The first-order valence-electron chi connectivity index (χ1n) is 10.3. The van der Waals surface area contributed by atoms with Crippen LogP contribution in [-0.4, -0.2) is 20.8 Å². The van der Waals surface area contributed by atoms with Crippen molar-refractivity contribution < 1.29 is 9.84 Å². The number of rotatable bonds is 4. The molecular weight excluding hydrogens is 374 g/mol. The molecule has 5 nitrogen and oxygen atoms in total. The molecule has 2 N–H and O–H groups in total. The Morgan fingerprint density at radius 1 is 1.10 bits per heavy atom. The zero-order valence-corrected chi connectivity index (χ0v) is 17.2. The first-order chi connectivity index (χ1) is 14.6. The van der Waals surface area contributed by atoms with Crippen LogP contribution < -0.4 is 10.1 Å². The number of nitrogens with zero attached hydrogens (tertiary/aromatic N) is 2. The van der Waals surface area contributed by atoms with E-state index in [1.807, 2.05) is 62.5 Å². The topological polar surface area (TPSA) is 59.3 Å². The highest BCUT2D eigenvalue weighted by atomic mass is 16.5. The molecule has 0 saturated heterocycles. The van der Waals surface area contributed by atoms with Gasteiger partial charge in [0.1, 0.15) is 29.2 Å². The number of anilines is 1. The Kier molecular flexibility index (Phi) is 4.68. The molecule has 2 atom stereocenters. The maximum absolute atomic E-state index is 10.9. The molecule has 4 aromatic rings. The second-order valence-electron chi connectivity index (χ2n) is 7.90. The van der Waals surface area contributed by atoms with Crippen molar-refractivity contribution in [2.45, 2.75) is 32.1 Å². The summed E-state index contributed by atoms with van der Waals surface area (Å²) in [6, 6.07) is 22.1. The van der Waals surface area contributed by atoms with E-state index in [0.717, 1.165) is 45.0 Å². The van der Waals surface area contributed by atoms with E-state index in [0.29, 0.717) is 13.0 Å². The lowest BCUT2D eigenvalue weighted by molar-refractivity contribution is 0.148. The van der Waals surface area contributed by atoms with Crippen LogP contribution in [0.25, 0.3) is 11.0 Å². The van der Waals surface area contributed by atoms with E-state index in [-0.39, 0.29) is 6.04 Å². The Morgan fingerprint density at radius 3 is 2.53 bits per heavy atom. The number of aliphatic hydroxyl groups excluding tert-OH is 1. The van der Waals surface area contributed by atoms with Crippen molar-refractivity contribution >= 4 is 16.7 Å². The van der Waals surface area contributed by atoms with Crippen molar-refractivity contribution in [3.05, 3.63) is 89.2 Å². The predicted molar refractivity (Wildman–Crippen MR) is 119 cm³/mol. The first kappa shape index (κ1) is 18.7. The summed E-state index contributed by atoms with van der Waals surface area (Å²) < 4.78 is 8.31. The van der Waals surface area contributed by atoms with Gasteiger partial charge < -0.3 is 19.7 Å². The van der Waals surface area contributed by atoms with Gasteiger partial charge in [0.25, 0.3) is 0 Å². The molecule has 5 heteroatoms. The number of nitrogens with one attached hydrogen (secondary N) is 1. The van der Waals surface area contributed by atoms with Crippen molar-refractivity contribution in [1.29, 1.82) is 0 Å². The van der Waals surface area contributed by atoms with Gasteiger partial charge in [0.05, 0.1) is 17.8 Å². The van der Waals surface area contributed by atoms with Gasteiger partial charge in [-0.2, -0.15) is 0 Å². The molecule has 0 bridgehead atoms. The average Bonchev–Trinajstić information content (AvgIpc) is 3.07. The molecule has 30 heavy (non-hydrogen) atoms. The largest absolute Gasteiger partial charge is 0.487 e. The van der Waals surface area contributed by atoms with Gasteiger partial charge in [0, 0.05) is 13.5 Å². The molecule has 1 aliphatic heterocycles. The number of fused-ring (bicyclic) bond motifs is 3. The number of aryl methyl sites for hydroxylation is 2. The molecule has 0 amide bonds. The molecule has 0 aliphatic carbocycles. The first-order valence-corrected chi connectivity index (χ1v) is 10.3. The SMILES string of the molecule is Cc1nc2c3c(cc(OCc4ccccc4)c2n1C)C[C@@H](O)[C@@H](c1ccccc1)N3. The molecule has 2 heterocycles. The molecule has 3 aromatic carbocycles. The van der Waals surface area contributed by atoms with Gasteiger partial charge in [-0.15, -0.1) is 0 Å². The van der Waals surface area contributed by atoms with Crippen LogP contribution in [0.5, 0.6) is 5.75 Å². The second kappa shape index (κ2) is 7.50. The van der Waals surface area contributed by atoms with Crippen LogP contribution in [0.2, 0.25) is 0 Å². The summed E-state index contributed by atoms with van der Waals surface area (Å²) in [4.78, 5) is 4.83. The summed E-state index contributed by atoms with van der Waals surface area (Å²) in [6.45, 7) is 2.49. The molecule has 0 saturated carbocycles. The summed E-state index contributed by atoms with van der Waals surface area (Å²) in [5, 5.41) is 14.4. The zero-order chi connectivity index (χ0) is 20.7. The number of hydrogen-bond acceptors (Lipinski definition) is 4. The Morgan fingerprint density at radius 2 is 1.80 bits per heavy atom. The van der Waals surface area contributed by atoms with Crippen LogP contribution in [0.1, 0.15) is 28.6 Å². The highest BCUT2D eigenvalue weighted by Crippen LogP contribution is 2.41. The molecule has 0 fully saturated rings. The minimum Gasteiger partial charge on any atom is -0.487 e. The zero-order valence-electron chi connectivity index (χ0n) is 17.2. The third kappa shape index (κ3) is 3.21. The molecule has 5 rings (SSSR count). The van der Waals surface area contributed by atoms with E-state index in [1.165, 1.54) is 0 Å². The van der Waals surface area contributed by atoms with Crippen molar-refractivity contribution in [3.8, 4) is 5.75 Å². The number of ether oxygens (including phenoxy) is 1. The summed E-state index contributed by atoms with van der Waals surface area (Å²) in [6.07, 6.45) is 0.0268. The van der Waals surface area contributed by atoms with Crippen molar-refractivity contribution in [2.24, 2.45) is 7.05 Å². The van der Waals surface area contributed by atoms with Crippen molar-refractivity contribution in [3.63, 3.8) is 0 Å². The number of aromatic nitrogens is 2. The highest BCUT2D eigenvalue weighted by molar-refractivity contribution is 5.96.